The molecule has 1 aromatic rings. The van der Waals surface area contributed by atoms with Crippen molar-refractivity contribution >= 4 is 15.9 Å². The molecule has 0 amide bonds. The predicted octanol–water partition coefficient (Wildman–Crippen LogP) is 4.02. The fourth-order valence-corrected chi connectivity index (χ4v) is 2.16. The standard InChI is InChI=1S/C14H22BrNO/c1-10(14(2,3)4)16(5)9-11-7-6-8-12(15)13(11)17/h6-8,10,17H,9H2,1-5H3. The van der Waals surface area contributed by atoms with Gasteiger partial charge in [0.1, 0.15) is 5.75 Å². The van der Waals surface area contributed by atoms with E-state index in [1.54, 1.807) is 0 Å². The SMILES string of the molecule is CC(N(C)Cc1cccc(Br)c1O)C(C)(C)C. The Kier molecular flexibility index (Phi) is 4.62. The lowest BCUT2D eigenvalue weighted by Gasteiger charge is -2.35. The van der Waals surface area contributed by atoms with Gasteiger partial charge >= 0.3 is 0 Å². The zero-order valence-electron chi connectivity index (χ0n) is 11.3. The molecule has 0 saturated carbocycles. The first kappa shape index (κ1) is 14.5. The average Bonchev–Trinajstić information content (AvgIpc) is 2.22. The van der Waals surface area contributed by atoms with Gasteiger partial charge in [0.25, 0.3) is 0 Å². The van der Waals surface area contributed by atoms with Crippen molar-refractivity contribution in [2.45, 2.75) is 40.3 Å². The van der Waals surface area contributed by atoms with E-state index in [9.17, 15) is 5.11 Å². The highest BCUT2D eigenvalue weighted by atomic mass is 79.9. The molecule has 0 saturated heterocycles. The molecule has 3 heteroatoms. The van der Waals surface area contributed by atoms with E-state index in [4.69, 9.17) is 0 Å². The molecule has 2 nitrogen and oxygen atoms in total. The minimum absolute atomic E-state index is 0.233. The zero-order valence-corrected chi connectivity index (χ0v) is 12.9. The van der Waals surface area contributed by atoms with Crippen molar-refractivity contribution < 1.29 is 5.11 Å². The highest BCUT2D eigenvalue weighted by Crippen LogP contribution is 2.30. The Morgan fingerprint density at radius 3 is 2.47 bits per heavy atom. The number of benzene rings is 1. The third-order valence-corrected chi connectivity index (χ3v) is 4.04. The van der Waals surface area contributed by atoms with Crippen molar-refractivity contribution in [2.75, 3.05) is 7.05 Å². The van der Waals surface area contributed by atoms with Crippen molar-refractivity contribution in [2.24, 2.45) is 5.41 Å². The van der Waals surface area contributed by atoms with E-state index in [-0.39, 0.29) is 5.41 Å². The van der Waals surface area contributed by atoms with Crippen LogP contribution in [0.2, 0.25) is 0 Å². The van der Waals surface area contributed by atoms with Crippen molar-refractivity contribution in [3.05, 3.63) is 28.2 Å². The van der Waals surface area contributed by atoms with Gasteiger partial charge in [0.05, 0.1) is 4.47 Å². The van der Waals surface area contributed by atoms with Gasteiger partial charge in [-0.25, -0.2) is 0 Å². The molecule has 0 fully saturated rings. The number of hydrogen-bond acceptors (Lipinski definition) is 2. The smallest absolute Gasteiger partial charge is 0.134 e. The summed E-state index contributed by atoms with van der Waals surface area (Å²) in [6, 6.07) is 6.22. The normalized spacial score (nSPS) is 14.1. The van der Waals surface area contributed by atoms with Crippen LogP contribution in [0.15, 0.2) is 22.7 Å². The molecule has 1 aromatic carbocycles. The van der Waals surface area contributed by atoms with Crippen molar-refractivity contribution in [1.82, 2.24) is 4.90 Å². The molecule has 0 aromatic heterocycles. The van der Waals surface area contributed by atoms with Gasteiger partial charge in [-0.1, -0.05) is 32.9 Å². The van der Waals surface area contributed by atoms with E-state index in [0.29, 0.717) is 11.8 Å². The molecule has 0 heterocycles. The Labute approximate surface area is 113 Å². The van der Waals surface area contributed by atoms with Crippen LogP contribution in [0, 0.1) is 5.41 Å². The summed E-state index contributed by atoms with van der Waals surface area (Å²) in [5.41, 5.74) is 1.19. The lowest BCUT2D eigenvalue weighted by Crippen LogP contribution is -2.38. The molecule has 0 aliphatic carbocycles. The molecule has 0 bridgehead atoms. The number of phenols is 1. The molecule has 0 spiro atoms. The van der Waals surface area contributed by atoms with E-state index >= 15 is 0 Å². The summed E-state index contributed by atoms with van der Waals surface area (Å²) < 4.78 is 0.756. The number of aromatic hydroxyl groups is 1. The lowest BCUT2D eigenvalue weighted by molar-refractivity contribution is 0.133. The maximum atomic E-state index is 9.96. The van der Waals surface area contributed by atoms with Gasteiger partial charge in [0.15, 0.2) is 0 Å². The highest BCUT2D eigenvalue weighted by molar-refractivity contribution is 9.10. The zero-order chi connectivity index (χ0) is 13.2. The summed E-state index contributed by atoms with van der Waals surface area (Å²) in [6.45, 7) is 9.66. The third kappa shape index (κ3) is 3.71. The number of rotatable bonds is 3. The van der Waals surface area contributed by atoms with Gasteiger partial charge in [0.2, 0.25) is 0 Å². The van der Waals surface area contributed by atoms with Crippen molar-refractivity contribution in [1.29, 1.82) is 0 Å². The molecular weight excluding hydrogens is 278 g/mol. The molecule has 1 rings (SSSR count). The van der Waals surface area contributed by atoms with E-state index in [0.717, 1.165) is 16.6 Å². The Bertz CT molecular complexity index is 384. The minimum Gasteiger partial charge on any atom is -0.506 e. The van der Waals surface area contributed by atoms with Crippen LogP contribution in [0.4, 0.5) is 0 Å². The largest absolute Gasteiger partial charge is 0.506 e. The van der Waals surface area contributed by atoms with Crippen LogP contribution in [0.1, 0.15) is 33.3 Å². The van der Waals surface area contributed by atoms with Gasteiger partial charge in [-0.05, 0) is 41.4 Å². The van der Waals surface area contributed by atoms with Gasteiger partial charge < -0.3 is 5.11 Å². The summed E-state index contributed by atoms with van der Waals surface area (Å²) in [4.78, 5) is 2.27. The molecule has 17 heavy (non-hydrogen) atoms. The van der Waals surface area contributed by atoms with Crippen molar-refractivity contribution in [3.8, 4) is 5.75 Å². The molecule has 0 radical (unpaired) electrons. The molecular formula is C14H22BrNO. The molecule has 0 aliphatic heterocycles. The first-order valence-electron chi connectivity index (χ1n) is 5.90. The molecule has 1 unspecified atom stereocenters. The monoisotopic (exact) mass is 299 g/mol. The van der Waals surface area contributed by atoms with Gasteiger partial charge in [0, 0.05) is 18.2 Å². The second-order valence-electron chi connectivity index (χ2n) is 5.70. The van der Waals surface area contributed by atoms with Crippen LogP contribution < -0.4 is 0 Å². The van der Waals surface area contributed by atoms with Crippen molar-refractivity contribution in [3.63, 3.8) is 0 Å². The van der Waals surface area contributed by atoms with Crippen LogP contribution in [-0.2, 0) is 6.54 Å². The maximum Gasteiger partial charge on any atom is 0.134 e. The Morgan fingerprint density at radius 1 is 1.35 bits per heavy atom. The van der Waals surface area contributed by atoms with Crippen LogP contribution in [0.3, 0.4) is 0 Å². The third-order valence-electron chi connectivity index (χ3n) is 3.40. The Morgan fingerprint density at radius 2 is 1.94 bits per heavy atom. The quantitative estimate of drug-likeness (QED) is 0.911. The van der Waals surface area contributed by atoms with E-state index in [2.05, 4.69) is 55.6 Å². The Balaban J connectivity index is 2.81. The lowest BCUT2D eigenvalue weighted by atomic mass is 9.87. The maximum absolute atomic E-state index is 9.96. The van der Waals surface area contributed by atoms with E-state index in [1.165, 1.54) is 0 Å². The van der Waals surface area contributed by atoms with Crippen LogP contribution >= 0.6 is 15.9 Å². The molecule has 1 N–H and O–H groups in total. The topological polar surface area (TPSA) is 23.5 Å². The van der Waals surface area contributed by atoms with E-state index < -0.39 is 0 Å². The van der Waals surface area contributed by atoms with Gasteiger partial charge in [-0.2, -0.15) is 0 Å². The average molecular weight is 300 g/mol. The summed E-state index contributed by atoms with van der Waals surface area (Å²) in [5, 5.41) is 9.96. The van der Waals surface area contributed by atoms with Gasteiger partial charge in [-0.3, -0.25) is 4.90 Å². The molecule has 96 valence electrons. The van der Waals surface area contributed by atoms with Crippen LogP contribution in [0.5, 0.6) is 5.75 Å². The number of hydrogen-bond donors (Lipinski definition) is 1. The fourth-order valence-electron chi connectivity index (χ4n) is 1.75. The summed E-state index contributed by atoms with van der Waals surface area (Å²) in [7, 11) is 2.09. The van der Waals surface area contributed by atoms with Gasteiger partial charge in [-0.15, -0.1) is 0 Å². The van der Waals surface area contributed by atoms with E-state index in [1.807, 2.05) is 18.2 Å². The first-order valence-corrected chi connectivity index (χ1v) is 6.69. The number of phenolic OH excluding ortho intramolecular Hbond substituents is 1. The molecule has 1 atom stereocenters. The highest BCUT2D eigenvalue weighted by Gasteiger charge is 2.24. The summed E-state index contributed by atoms with van der Waals surface area (Å²) in [6.07, 6.45) is 0. The number of halogens is 1. The summed E-state index contributed by atoms with van der Waals surface area (Å²) in [5.74, 6) is 0.348. The second kappa shape index (κ2) is 5.40. The number of para-hydroxylation sites is 1. The fraction of sp³-hybridized carbons (Fsp3) is 0.571. The number of nitrogens with zero attached hydrogens (tertiary/aromatic N) is 1. The van der Waals surface area contributed by atoms with Crippen LogP contribution in [-0.4, -0.2) is 23.1 Å². The Hall–Kier alpha value is -0.540. The first-order chi connectivity index (χ1) is 7.73. The summed E-state index contributed by atoms with van der Waals surface area (Å²) >= 11 is 3.34. The second-order valence-corrected chi connectivity index (χ2v) is 6.56. The minimum atomic E-state index is 0.233. The molecule has 0 aliphatic rings. The van der Waals surface area contributed by atoms with Crippen LogP contribution in [0.25, 0.3) is 0 Å². The predicted molar refractivity (Wildman–Crippen MR) is 76.2 cm³/mol.